The number of aryl methyl sites for hydroxylation is 1. The van der Waals surface area contributed by atoms with E-state index < -0.39 is 0 Å². The molecule has 0 saturated carbocycles. The summed E-state index contributed by atoms with van der Waals surface area (Å²) in [7, 11) is 0. The number of hydrogen-bond donors (Lipinski definition) is 1. The molecule has 1 unspecified atom stereocenters. The summed E-state index contributed by atoms with van der Waals surface area (Å²) in [4.78, 5) is 10.4. The van der Waals surface area contributed by atoms with E-state index in [0.29, 0.717) is 5.56 Å². The molecule has 4 nitrogen and oxygen atoms in total. The molecule has 1 heterocycles. The van der Waals surface area contributed by atoms with Crippen LogP contribution < -0.4 is 5.32 Å². The molecule has 0 bridgehead atoms. The van der Waals surface area contributed by atoms with Crippen molar-refractivity contribution >= 4 is 34.3 Å². The van der Waals surface area contributed by atoms with Gasteiger partial charge in [0.1, 0.15) is 0 Å². The summed E-state index contributed by atoms with van der Waals surface area (Å²) in [6, 6.07) is 7.04. The Labute approximate surface area is 120 Å². The lowest BCUT2D eigenvalue weighted by atomic mass is 10.1. The molecule has 2 aromatic rings. The minimum Gasteiger partial charge on any atom is -0.378 e. The molecule has 1 aromatic carbocycles. The normalized spacial score (nSPS) is 12.2. The fourth-order valence-electron chi connectivity index (χ4n) is 1.83. The minimum atomic E-state index is -0.374. The molecule has 6 heteroatoms. The maximum absolute atomic E-state index is 10.8. The van der Waals surface area contributed by atoms with Crippen LogP contribution in [0.25, 0.3) is 0 Å². The summed E-state index contributed by atoms with van der Waals surface area (Å²) in [5.74, 6) is 0. The fraction of sp³-hybridized carbons (Fsp3) is 0.231. The molecular formula is C13H13ClN2O2S. The van der Waals surface area contributed by atoms with Gasteiger partial charge >= 0.3 is 0 Å². The first-order valence-corrected chi connectivity index (χ1v) is 6.98. The van der Waals surface area contributed by atoms with Crippen LogP contribution in [0.4, 0.5) is 11.4 Å². The monoisotopic (exact) mass is 296 g/mol. The molecule has 0 aliphatic rings. The van der Waals surface area contributed by atoms with E-state index in [2.05, 4.69) is 5.32 Å². The van der Waals surface area contributed by atoms with Crippen LogP contribution >= 0.6 is 22.9 Å². The predicted molar refractivity (Wildman–Crippen MR) is 79.2 cm³/mol. The van der Waals surface area contributed by atoms with Gasteiger partial charge in [0.15, 0.2) is 0 Å². The Hall–Kier alpha value is -1.59. The topological polar surface area (TPSA) is 55.2 Å². The molecule has 2 rings (SSSR count). The van der Waals surface area contributed by atoms with Crippen LogP contribution in [0.1, 0.15) is 24.1 Å². The Morgan fingerprint density at radius 1 is 1.42 bits per heavy atom. The SMILES string of the molecule is Cc1cc(NC(C)c2csc(Cl)c2)ccc1[N+](=O)[O-]. The number of rotatable bonds is 4. The van der Waals surface area contributed by atoms with Gasteiger partial charge in [-0.1, -0.05) is 11.6 Å². The number of hydrogen-bond acceptors (Lipinski definition) is 4. The van der Waals surface area contributed by atoms with Crippen LogP contribution in [0.5, 0.6) is 0 Å². The van der Waals surface area contributed by atoms with Gasteiger partial charge in [-0.3, -0.25) is 10.1 Å². The van der Waals surface area contributed by atoms with Gasteiger partial charge in [0.25, 0.3) is 5.69 Å². The first-order chi connectivity index (χ1) is 8.97. The Morgan fingerprint density at radius 3 is 2.68 bits per heavy atom. The summed E-state index contributed by atoms with van der Waals surface area (Å²) >= 11 is 7.39. The lowest BCUT2D eigenvalue weighted by molar-refractivity contribution is -0.385. The van der Waals surface area contributed by atoms with Crippen molar-refractivity contribution in [3.8, 4) is 0 Å². The highest BCUT2D eigenvalue weighted by Crippen LogP contribution is 2.28. The standard InChI is InChI=1S/C13H13ClN2O2S/c1-8-5-11(3-4-12(8)16(17)18)15-9(2)10-6-13(14)19-7-10/h3-7,9,15H,1-2H3. The van der Waals surface area contributed by atoms with Crippen molar-refractivity contribution in [2.24, 2.45) is 0 Å². The maximum Gasteiger partial charge on any atom is 0.272 e. The second-order valence-corrected chi connectivity index (χ2v) is 5.85. The molecule has 0 radical (unpaired) electrons. The Kier molecular flexibility index (Phi) is 4.07. The fourth-order valence-corrected chi connectivity index (χ4v) is 2.82. The minimum absolute atomic E-state index is 0.101. The Balaban J connectivity index is 2.15. The zero-order valence-electron chi connectivity index (χ0n) is 10.5. The van der Waals surface area contributed by atoms with Crippen molar-refractivity contribution in [2.45, 2.75) is 19.9 Å². The Bertz CT molecular complexity index is 612. The molecule has 0 amide bonds. The molecule has 100 valence electrons. The van der Waals surface area contributed by atoms with Gasteiger partial charge < -0.3 is 5.32 Å². The third-order valence-electron chi connectivity index (χ3n) is 2.86. The van der Waals surface area contributed by atoms with Gasteiger partial charge in [-0.05, 0) is 43.0 Å². The van der Waals surface area contributed by atoms with E-state index in [-0.39, 0.29) is 16.7 Å². The number of nitrogens with zero attached hydrogens (tertiary/aromatic N) is 1. The van der Waals surface area contributed by atoms with Crippen LogP contribution in [0.15, 0.2) is 29.6 Å². The molecule has 19 heavy (non-hydrogen) atoms. The van der Waals surface area contributed by atoms with Crippen LogP contribution in [0.2, 0.25) is 4.34 Å². The predicted octanol–water partition coefficient (Wildman–Crippen LogP) is 4.79. The summed E-state index contributed by atoms with van der Waals surface area (Å²) in [5, 5.41) is 16.1. The summed E-state index contributed by atoms with van der Waals surface area (Å²) in [6.07, 6.45) is 0. The molecule has 1 atom stereocenters. The summed E-state index contributed by atoms with van der Waals surface area (Å²) in [6.45, 7) is 3.75. The van der Waals surface area contributed by atoms with Gasteiger partial charge in [-0.25, -0.2) is 0 Å². The van der Waals surface area contributed by atoms with Gasteiger partial charge in [0, 0.05) is 23.4 Å². The highest BCUT2D eigenvalue weighted by atomic mass is 35.5. The number of nitrogens with one attached hydrogen (secondary N) is 1. The Morgan fingerprint density at radius 2 is 2.16 bits per heavy atom. The van der Waals surface area contributed by atoms with Crippen LogP contribution in [0.3, 0.4) is 0 Å². The molecule has 0 aliphatic carbocycles. The largest absolute Gasteiger partial charge is 0.378 e. The van der Waals surface area contributed by atoms with Gasteiger partial charge in [-0.15, -0.1) is 11.3 Å². The van der Waals surface area contributed by atoms with E-state index in [0.717, 1.165) is 15.6 Å². The number of benzene rings is 1. The summed E-state index contributed by atoms with van der Waals surface area (Å²) in [5.41, 5.74) is 2.74. The molecule has 0 saturated heterocycles. The smallest absolute Gasteiger partial charge is 0.272 e. The van der Waals surface area contributed by atoms with Crippen molar-refractivity contribution in [1.82, 2.24) is 0 Å². The molecule has 1 N–H and O–H groups in total. The van der Waals surface area contributed by atoms with E-state index in [1.54, 1.807) is 19.1 Å². The van der Waals surface area contributed by atoms with E-state index in [1.165, 1.54) is 17.4 Å². The zero-order valence-corrected chi connectivity index (χ0v) is 12.1. The second-order valence-electron chi connectivity index (χ2n) is 4.31. The van der Waals surface area contributed by atoms with Crippen LogP contribution in [-0.2, 0) is 0 Å². The average molecular weight is 297 g/mol. The van der Waals surface area contributed by atoms with Crippen molar-refractivity contribution in [3.63, 3.8) is 0 Å². The molecule has 0 spiro atoms. The zero-order chi connectivity index (χ0) is 14.0. The molecular weight excluding hydrogens is 284 g/mol. The highest BCUT2D eigenvalue weighted by molar-refractivity contribution is 7.14. The second kappa shape index (κ2) is 5.59. The van der Waals surface area contributed by atoms with Gasteiger partial charge in [-0.2, -0.15) is 0 Å². The van der Waals surface area contributed by atoms with Crippen LogP contribution in [-0.4, -0.2) is 4.92 Å². The number of halogens is 1. The molecule has 1 aromatic heterocycles. The van der Waals surface area contributed by atoms with Crippen molar-refractivity contribution in [1.29, 1.82) is 0 Å². The number of anilines is 1. The van der Waals surface area contributed by atoms with E-state index in [1.807, 2.05) is 18.4 Å². The van der Waals surface area contributed by atoms with Crippen molar-refractivity contribution in [2.75, 3.05) is 5.32 Å². The van der Waals surface area contributed by atoms with Crippen molar-refractivity contribution < 1.29 is 4.92 Å². The first kappa shape index (κ1) is 13.8. The third kappa shape index (κ3) is 3.24. The summed E-state index contributed by atoms with van der Waals surface area (Å²) < 4.78 is 0.753. The maximum atomic E-state index is 10.8. The number of thiophene rings is 1. The highest BCUT2D eigenvalue weighted by Gasteiger charge is 2.12. The lowest BCUT2D eigenvalue weighted by Gasteiger charge is -2.14. The number of nitro groups is 1. The van der Waals surface area contributed by atoms with Crippen LogP contribution in [0, 0.1) is 17.0 Å². The quantitative estimate of drug-likeness (QED) is 0.652. The molecule has 0 aliphatic heterocycles. The number of nitro benzene ring substituents is 1. The third-order valence-corrected chi connectivity index (χ3v) is 3.97. The average Bonchev–Trinajstić information content (AvgIpc) is 2.75. The van der Waals surface area contributed by atoms with Gasteiger partial charge in [0.2, 0.25) is 0 Å². The van der Waals surface area contributed by atoms with E-state index in [4.69, 9.17) is 11.6 Å². The lowest BCUT2D eigenvalue weighted by Crippen LogP contribution is -2.05. The first-order valence-electron chi connectivity index (χ1n) is 5.73. The van der Waals surface area contributed by atoms with E-state index >= 15 is 0 Å². The van der Waals surface area contributed by atoms with Crippen molar-refractivity contribution in [3.05, 3.63) is 55.2 Å². The van der Waals surface area contributed by atoms with Gasteiger partial charge in [0.05, 0.1) is 9.26 Å². The molecule has 0 fully saturated rings. The van der Waals surface area contributed by atoms with E-state index in [9.17, 15) is 10.1 Å².